The fourth-order valence-electron chi connectivity index (χ4n) is 1.41. The van der Waals surface area contributed by atoms with Crippen molar-refractivity contribution in [3.05, 3.63) is 29.4 Å². The summed E-state index contributed by atoms with van der Waals surface area (Å²) in [5, 5.41) is 21.6. The van der Waals surface area contributed by atoms with E-state index in [1.54, 1.807) is 0 Å². The highest BCUT2D eigenvalue weighted by Crippen LogP contribution is 2.12. The highest BCUT2D eigenvalue weighted by atomic mass is 16.5. The van der Waals surface area contributed by atoms with Crippen LogP contribution in [0.15, 0.2) is 10.9 Å². The molecule has 0 bridgehead atoms. The molecule has 0 aromatic carbocycles. The highest BCUT2D eigenvalue weighted by molar-refractivity contribution is 5.36. The number of imidazole rings is 1. The lowest BCUT2D eigenvalue weighted by Gasteiger charge is -1.97. The van der Waals surface area contributed by atoms with Crippen LogP contribution in [0, 0.1) is 22.7 Å². The van der Waals surface area contributed by atoms with Crippen LogP contribution in [-0.4, -0.2) is 19.7 Å². The topological polar surface area (TPSA) is 104 Å². The van der Waals surface area contributed by atoms with Crippen LogP contribution in [0.1, 0.15) is 42.9 Å². The Bertz CT molecular complexity index is 639. The van der Waals surface area contributed by atoms with Crippen molar-refractivity contribution in [2.75, 3.05) is 0 Å². The van der Waals surface area contributed by atoms with Gasteiger partial charge in [0.05, 0.1) is 6.33 Å². The predicted octanol–water partition coefficient (Wildman–Crippen LogP) is 1.18. The van der Waals surface area contributed by atoms with Gasteiger partial charge in [0, 0.05) is 5.92 Å². The summed E-state index contributed by atoms with van der Waals surface area (Å²) >= 11 is 0. The molecule has 0 saturated heterocycles. The van der Waals surface area contributed by atoms with Crippen molar-refractivity contribution in [1.29, 1.82) is 10.5 Å². The fraction of sp³-hybridized carbons (Fsp3) is 0.364. The van der Waals surface area contributed by atoms with Crippen molar-refractivity contribution < 1.29 is 4.52 Å². The summed E-state index contributed by atoms with van der Waals surface area (Å²) < 4.78 is 6.58. The molecule has 2 aromatic heterocycles. The lowest BCUT2D eigenvalue weighted by molar-refractivity contribution is 0.364. The van der Waals surface area contributed by atoms with Crippen molar-refractivity contribution in [1.82, 2.24) is 19.7 Å². The molecule has 0 aliphatic heterocycles. The molecule has 7 nitrogen and oxygen atoms in total. The zero-order chi connectivity index (χ0) is 13.1. The lowest BCUT2D eigenvalue weighted by Crippen LogP contribution is -2.02. The first-order valence-electron chi connectivity index (χ1n) is 5.33. The number of nitriles is 2. The van der Waals surface area contributed by atoms with E-state index >= 15 is 0 Å². The SMILES string of the molecule is CC(C)c1noc(Cn2cnc(C#N)c2C#N)n1. The lowest BCUT2D eigenvalue weighted by atomic mass is 10.2. The average Bonchev–Trinajstić information content (AvgIpc) is 2.95. The molecule has 90 valence electrons. The number of hydrogen-bond donors (Lipinski definition) is 0. The van der Waals surface area contributed by atoms with E-state index in [1.807, 2.05) is 26.0 Å². The Hall–Kier alpha value is -2.67. The van der Waals surface area contributed by atoms with E-state index in [-0.39, 0.29) is 23.9 Å². The van der Waals surface area contributed by atoms with Crippen LogP contribution in [-0.2, 0) is 6.54 Å². The van der Waals surface area contributed by atoms with Crippen LogP contribution in [0.2, 0.25) is 0 Å². The molecule has 0 saturated carbocycles. The van der Waals surface area contributed by atoms with E-state index in [2.05, 4.69) is 15.1 Å². The maximum Gasteiger partial charge on any atom is 0.246 e. The molecule has 0 unspecified atom stereocenters. The standard InChI is InChI=1S/C11H10N6O/c1-7(2)11-15-10(18-16-11)5-17-6-14-8(3-12)9(17)4-13/h6-7H,5H2,1-2H3. The maximum atomic E-state index is 8.96. The average molecular weight is 242 g/mol. The Morgan fingerprint density at radius 3 is 2.72 bits per heavy atom. The van der Waals surface area contributed by atoms with E-state index in [0.29, 0.717) is 11.7 Å². The summed E-state index contributed by atoms with van der Waals surface area (Å²) in [6.07, 6.45) is 1.41. The fourth-order valence-corrected chi connectivity index (χ4v) is 1.41. The van der Waals surface area contributed by atoms with Gasteiger partial charge in [-0.15, -0.1) is 0 Å². The summed E-state index contributed by atoms with van der Waals surface area (Å²) in [5.41, 5.74) is 0.294. The van der Waals surface area contributed by atoms with Crippen molar-refractivity contribution in [3.8, 4) is 12.1 Å². The van der Waals surface area contributed by atoms with Gasteiger partial charge in [-0.2, -0.15) is 15.5 Å². The molecule has 0 aliphatic carbocycles. The number of nitrogens with zero attached hydrogens (tertiary/aromatic N) is 6. The second kappa shape index (κ2) is 4.68. The van der Waals surface area contributed by atoms with Crippen LogP contribution < -0.4 is 0 Å². The van der Waals surface area contributed by atoms with Gasteiger partial charge in [-0.05, 0) is 0 Å². The summed E-state index contributed by atoms with van der Waals surface area (Å²) in [7, 11) is 0. The van der Waals surface area contributed by atoms with Gasteiger partial charge in [0.25, 0.3) is 0 Å². The summed E-state index contributed by atoms with van der Waals surface area (Å²) in [4.78, 5) is 8.03. The van der Waals surface area contributed by atoms with Crippen LogP contribution in [0.25, 0.3) is 0 Å². The quantitative estimate of drug-likeness (QED) is 0.800. The van der Waals surface area contributed by atoms with E-state index in [1.165, 1.54) is 10.9 Å². The molecule has 2 heterocycles. The van der Waals surface area contributed by atoms with E-state index < -0.39 is 0 Å². The van der Waals surface area contributed by atoms with Crippen molar-refractivity contribution in [2.24, 2.45) is 0 Å². The smallest absolute Gasteiger partial charge is 0.246 e. The van der Waals surface area contributed by atoms with Gasteiger partial charge in [0.2, 0.25) is 5.89 Å². The summed E-state index contributed by atoms with van der Waals surface area (Å²) in [6.45, 7) is 4.15. The molecule has 7 heteroatoms. The first-order chi connectivity index (χ1) is 8.65. The molecule has 0 fully saturated rings. The monoisotopic (exact) mass is 242 g/mol. The van der Waals surface area contributed by atoms with Crippen LogP contribution in [0.5, 0.6) is 0 Å². The van der Waals surface area contributed by atoms with E-state index in [4.69, 9.17) is 15.0 Å². The second-order valence-electron chi connectivity index (χ2n) is 3.99. The predicted molar refractivity (Wildman–Crippen MR) is 59.1 cm³/mol. The van der Waals surface area contributed by atoms with Gasteiger partial charge in [0.1, 0.15) is 18.7 Å². The van der Waals surface area contributed by atoms with Gasteiger partial charge in [-0.1, -0.05) is 19.0 Å². The molecular formula is C11H10N6O. The third-order valence-electron chi connectivity index (χ3n) is 2.36. The molecule has 2 rings (SSSR count). The highest BCUT2D eigenvalue weighted by Gasteiger charge is 2.14. The van der Waals surface area contributed by atoms with Gasteiger partial charge in [0.15, 0.2) is 17.2 Å². The minimum atomic E-state index is 0.0982. The van der Waals surface area contributed by atoms with Gasteiger partial charge in [-0.3, -0.25) is 0 Å². The Morgan fingerprint density at radius 1 is 1.39 bits per heavy atom. The van der Waals surface area contributed by atoms with E-state index in [9.17, 15) is 0 Å². The Balaban J connectivity index is 2.27. The largest absolute Gasteiger partial charge is 0.337 e. The van der Waals surface area contributed by atoms with Crippen LogP contribution >= 0.6 is 0 Å². The first kappa shape index (κ1) is 11.8. The molecule has 0 aliphatic rings. The number of rotatable bonds is 3. The van der Waals surface area contributed by atoms with Crippen LogP contribution in [0.4, 0.5) is 0 Å². The third kappa shape index (κ3) is 2.06. The van der Waals surface area contributed by atoms with Gasteiger partial charge < -0.3 is 9.09 Å². The van der Waals surface area contributed by atoms with Gasteiger partial charge in [-0.25, -0.2) is 4.98 Å². The molecule has 0 N–H and O–H groups in total. The first-order valence-corrected chi connectivity index (χ1v) is 5.33. The van der Waals surface area contributed by atoms with Crippen LogP contribution in [0.3, 0.4) is 0 Å². The Morgan fingerprint density at radius 2 is 2.17 bits per heavy atom. The second-order valence-corrected chi connectivity index (χ2v) is 3.99. The molecular weight excluding hydrogens is 232 g/mol. The number of aromatic nitrogens is 4. The molecule has 0 radical (unpaired) electrons. The molecule has 18 heavy (non-hydrogen) atoms. The molecule has 0 atom stereocenters. The Labute approximate surface area is 103 Å². The molecule has 0 spiro atoms. The third-order valence-corrected chi connectivity index (χ3v) is 2.36. The molecule has 2 aromatic rings. The minimum Gasteiger partial charge on any atom is -0.337 e. The normalized spacial score (nSPS) is 10.3. The molecule has 0 amide bonds. The maximum absolute atomic E-state index is 8.96. The zero-order valence-electron chi connectivity index (χ0n) is 9.95. The van der Waals surface area contributed by atoms with Crippen molar-refractivity contribution in [2.45, 2.75) is 26.3 Å². The van der Waals surface area contributed by atoms with Gasteiger partial charge >= 0.3 is 0 Å². The zero-order valence-corrected chi connectivity index (χ0v) is 9.95. The number of hydrogen-bond acceptors (Lipinski definition) is 6. The van der Waals surface area contributed by atoms with Crippen molar-refractivity contribution in [3.63, 3.8) is 0 Å². The van der Waals surface area contributed by atoms with Crippen molar-refractivity contribution >= 4 is 0 Å². The van der Waals surface area contributed by atoms with E-state index in [0.717, 1.165) is 0 Å². The Kier molecular flexibility index (Phi) is 3.07. The summed E-state index contributed by atoms with van der Waals surface area (Å²) in [6, 6.07) is 3.79. The minimum absolute atomic E-state index is 0.0982. The summed E-state index contributed by atoms with van der Waals surface area (Å²) in [5.74, 6) is 1.18.